The summed E-state index contributed by atoms with van der Waals surface area (Å²) in [5.74, 6) is 0.0338. The molecule has 0 amide bonds. The molecule has 0 unspecified atom stereocenters. The Morgan fingerprint density at radius 2 is 1.27 bits per heavy atom. The number of thioether (sulfide) groups is 2. The fourth-order valence-corrected chi connectivity index (χ4v) is 4.60. The van der Waals surface area contributed by atoms with Gasteiger partial charge in [-0.05, 0) is 29.8 Å². The molecule has 0 aliphatic rings. The fourth-order valence-electron chi connectivity index (χ4n) is 2.55. The van der Waals surface area contributed by atoms with Gasteiger partial charge in [0, 0.05) is 15.5 Å². The standard InChI is InChI=1S/C22H20O2S2/c23-21(17-10-4-1-5-11-17)20(16-25-18-12-6-2-7-13-18)22(24)26-19-14-8-3-9-15-19/h1-15,20-21,23H,16H2/t20-,21+/m0/s1. The first kappa shape index (κ1) is 18.8. The van der Waals surface area contributed by atoms with Crippen LogP contribution in [0.15, 0.2) is 101 Å². The summed E-state index contributed by atoms with van der Waals surface area (Å²) in [4.78, 5) is 14.9. The summed E-state index contributed by atoms with van der Waals surface area (Å²) in [6.45, 7) is 0. The molecule has 0 aliphatic carbocycles. The zero-order valence-electron chi connectivity index (χ0n) is 14.2. The first-order valence-corrected chi connectivity index (χ1v) is 10.2. The Morgan fingerprint density at radius 1 is 0.769 bits per heavy atom. The molecule has 0 saturated carbocycles. The molecular formula is C22H20O2S2. The van der Waals surface area contributed by atoms with E-state index in [2.05, 4.69) is 0 Å². The molecule has 2 atom stereocenters. The maximum Gasteiger partial charge on any atom is 0.200 e. The van der Waals surface area contributed by atoms with Gasteiger partial charge >= 0.3 is 0 Å². The third-order valence-corrected chi connectivity index (χ3v) is 6.10. The molecule has 0 aliphatic heterocycles. The quantitative estimate of drug-likeness (QED) is 0.553. The van der Waals surface area contributed by atoms with Crippen LogP contribution in [0.4, 0.5) is 0 Å². The number of rotatable bonds is 7. The van der Waals surface area contributed by atoms with Crippen LogP contribution in [0.25, 0.3) is 0 Å². The van der Waals surface area contributed by atoms with E-state index in [1.54, 1.807) is 11.8 Å². The van der Waals surface area contributed by atoms with Crippen molar-refractivity contribution >= 4 is 28.6 Å². The molecule has 0 fully saturated rings. The van der Waals surface area contributed by atoms with E-state index in [1.807, 2.05) is 91.0 Å². The van der Waals surface area contributed by atoms with E-state index in [0.29, 0.717) is 5.75 Å². The van der Waals surface area contributed by atoms with Crippen molar-refractivity contribution in [1.29, 1.82) is 0 Å². The minimum absolute atomic E-state index is 0.0176. The Morgan fingerprint density at radius 3 is 1.85 bits per heavy atom. The van der Waals surface area contributed by atoms with Crippen molar-refractivity contribution < 1.29 is 9.90 Å². The second kappa shape index (κ2) is 9.62. The highest BCUT2D eigenvalue weighted by atomic mass is 32.2. The molecule has 3 aromatic rings. The van der Waals surface area contributed by atoms with Gasteiger partial charge in [-0.1, -0.05) is 78.5 Å². The van der Waals surface area contributed by atoms with Gasteiger partial charge in [-0.15, -0.1) is 11.8 Å². The molecule has 26 heavy (non-hydrogen) atoms. The largest absolute Gasteiger partial charge is 0.388 e. The third-order valence-electron chi connectivity index (χ3n) is 3.96. The summed E-state index contributed by atoms with van der Waals surface area (Å²) in [5.41, 5.74) is 0.771. The van der Waals surface area contributed by atoms with Crippen molar-refractivity contribution in [3.8, 4) is 0 Å². The average molecular weight is 381 g/mol. The van der Waals surface area contributed by atoms with Crippen molar-refractivity contribution in [2.24, 2.45) is 5.92 Å². The van der Waals surface area contributed by atoms with E-state index < -0.39 is 12.0 Å². The zero-order valence-corrected chi connectivity index (χ0v) is 15.8. The van der Waals surface area contributed by atoms with E-state index in [-0.39, 0.29) is 5.12 Å². The third kappa shape index (κ3) is 5.24. The summed E-state index contributed by atoms with van der Waals surface area (Å²) in [7, 11) is 0. The predicted octanol–water partition coefficient (Wildman–Crippen LogP) is 5.45. The van der Waals surface area contributed by atoms with Crippen molar-refractivity contribution in [2.75, 3.05) is 5.75 Å². The topological polar surface area (TPSA) is 37.3 Å². The maximum atomic E-state index is 12.9. The number of benzene rings is 3. The van der Waals surface area contributed by atoms with Crippen LogP contribution < -0.4 is 0 Å². The fraction of sp³-hybridized carbons (Fsp3) is 0.136. The average Bonchev–Trinajstić information content (AvgIpc) is 2.70. The Kier molecular flexibility index (Phi) is 6.95. The van der Waals surface area contributed by atoms with Gasteiger partial charge in [0.05, 0.1) is 12.0 Å². The molecule has 0 spiro atoms. The number of aliphatic hydroxyl groups excluding tert-OH is 1. The van der Waals surface area contributed by atoms with E-state index >= 15 is 0 Å². The second-order valence-corrected chi connectivity index (χ2v) is 7.99. The number of carbonyl (C=O) groups is 1. The number of hydrogen-bond acceptors (Lipinski definition) is 4. The molecule has 0 saturated heterocycles. The molecule has 3 rings (SSSR count). The van der Waals surface area contributed by atoms with Crippen LogP contribution in [-0.2, 0) is 4.79 Å². The van der Waals surface area contributed by atoms with Crippen LogP contribution >= 0.6 is 23.5 Å². The van der Waals surface area contributed by atoms with Gasteiger partial charge in [0.1, 0.15) is 0 Å². The first-order chi connectivity index (χ1) is 12.7. The number of aliphatic hydroxyl groups is 1. The van der Waals surface area contributed by atoms with Gasteiger partial charge in [0.15, 0.2) is 0 Å². The van der Waals surface area contributed by atoms with Gasteiger partial charge in [0.25, 0.3) is 0 Å². The summed E-state index contributed by atoms with van der Waals surface area (Å²) < 4.78 is 0. The van der Waals surface area contributed by atoms with Crippen molar-refractivity contribution in [3.05, 3.63) is 96.6 Å². The normalized spacial score (nSPS) is 13.1. The van der Waals surface area contributed by atoms with Crippen LogP contribution in [0.1, 0.15) is 11.7 Å². The van der Waals surface area contributed by atoms with Gasteiger partial charge in [0.2, 0.25) is 5.12 Å². The molecule has 0 aromatic heterocycles. The second-order valence-electron chi connectivity index (χ2n) is 5.82. The predicted molar refractivity (Wildman–Crippen MR) is 109 cm³/mol. The molecule has 0 bridgehead atoms. The lowest BCUT2D eigenvalue weighted by Gasteiger charge is -2.21. The highest BCUT2D eigenvalue weighted by molar-refractivity contribution is 8.13. The van der Waals surface area contributed by atoms with E-state index in [1.165, 1.54) is 11.8 Å². The zero-order chi connectivity index (χ0) is 18.2. The molecule has 4 heteroatoms. The molecule has 0 radical (unpaired) electrons. The molecule has 3 aromatic carbocycles. The Bertz CT molecular complexity index is 807. The van der Waals surface area contributed by atoms with E-state index in [9.17, 15) is 9.90 Å². The summed E-state index contributed by atoms with van der Waals surface area (Å²) in [6.07, 6.45) is -0.823. The van der Waals surface area contributed by atoms with Crippen LogP contribution in [0.3, 0.4) is 0 Å². The van der Waals surface area contributed by atoms with Gasteiger partial charge in [-0.3, -0.25) is 4.79 Å². The highest BCUT2D eigenvalue weighted by Gasteiger charge is 2.28. The smallest absolute Gasteiger partial charge is 0.200 e. The number of hydrogen-bond donors (Lipinski definition) is 1. The minimum atomic E-state index is -0.823. The monoisotopic (exact) mass is 380 g/mol. The highest BCUT2D eigenvalue weighted by Crippen LogP contribution is 2.34. The SMILES string of the molecule is O=C(Sc1ccccc1)[C@@H](CSc1ccccc1)[C@H](O)c1ccccc1. The lowest BCUT2D eigenvalue weighted by atomic mass is 9.98. The van der Waals surface area contributed by atoms with Crippen LogP contribution in [-0.4, -0.2) is 16.0 Å². The lowest BCUT2D eigenvalue weighted by molar-refractivity contribution is -0.116. The summed E-state index contributed by atoms with van der Waals surface area (Å²) in [6, 6.07) is 29.0. The van der Waals surface area contributed by atoms with E-state index in [0.717, 1.165) is 15.4 Å². The summed E-state index contributed by atoms with van der Waals surface area (Å²) >= 11 is 2.79. The molecule has 132 valence electrons. The molecule has 1 N–H and O–H groups in total. The maximum absolute atomic E-state index is 12.9. The Labute approximate surface area is 162 Å². The minimum Gasteiger partial charge on any atom is -0.388 e. The Balaban J connectivity index is 1.77. The van der Waals surface area contributed by atoms with Gasteiger partial charge < -0.3 is 5.11 Å². The van der Waals surface area contributed by atoms with Crippen molar-refractivity contribution in [2.45, 2.75) is 15.9 Å². The van der Waals surface area contributed by atoms with Crippen LogP contribution in [0.5, 0.6) is 0 Å². The Hall–Kier alpha value is -2.01. The first-order valence-electron chi connectivity index (χ1n) is 8.41. The van der Waals surface area contributed by atoms with Crippen LogP contribution in [0, 0.1) is 5.92 Å². The molecule has 0 heterocycles. The number of carbonyl (C=O) groups excluding carboxylic acids is 1. The summed E-state index contributed by atoms with van der Waals surface area (Å²) in [5, 5.41) is 10.8. The van der Waals surface area contributed by atoms with Crippen LogP contribution in [0.2, 0.25) is 0 Å². The van der Waals surface area contributed by atoms with Crippen molar-refractivity contribution in [1.82, 2.24) is 0 Å². The van der Waals surface area contributed by atoms with Crippen molar-refractivity contribution in [3.63, 3.8) is 0 Å². The van der Waals surface area contributed by atoms with E-state index in [4.69, 9.17) is 0 Å². The van der Waals surface area contributed by atoms with Gasteiger partial charge in [-0.25, -0.2) is 0 Å². The molecule has 2 nitrogen and oxygen atoms in total. The van der Waals surface area contributed by atoms with Gasteiger partial charge in [-0.2, -0.15) is 0 Å². The molecular weight excluding hydrogens is 360 g/mol. The lowest BCUT2D eigenvalue weighted by Crippen LogP contribution is -2.22.